The van der Waals surface area contributed by atoms with E-state index in [4.69, 9.17) is 9.47 Å². The van der Waals surface area contributed by atoms with Gasteiger partial charge in [0.15, 0.2) is 11.5 Å². The molecule has 6 nitrogen and oxygen atoms in total. The van der Waals surface area contributed by atoms with Crippen molar-refractivity contribution in [3.63, 3.8) is 0 Å². The maximum Gasteiger partial charge on any atom is 1.00 e. The molecule has 0 amide bonds. The van der Waals surface area contributed by atoms with Crippen LogP contribution in [-0.4, -0.2) is 24.7 Å². The molecule has 1 N–H and O–H groups in total. The SMILES string of the molecule is CCCCCCCCCCC#CC(O)c1ccccc1-c1ccc(Oc2ccccc2OCC)c(S(=O)(=O)[O-])c1.[Na+]. The number of aliphatic hydroxyl groups is 1. The van der Waals surface area contributed by atoms with Gasteiger partial charge in [-0.1, -0.05) is 100 Å². The smallest absolute Gasteiger partial charge is 0.744 e. The van der Waals surface area contributed by atoms with Crippen molar-refractivity contribution in [1.82, 2.24) is 0 Å². The van der Waals surface area contributed by atoms with Gasteiger partial charge in [-0.2, -0.15) is 0 Å². The van der Waals surface area contributed by atoms with Crippen molar-refractivity contribution in [3.8, 4) is 40.2 Å². The Hall–Kier alpha value is -2.31. The van der Waals surface area contributed by atoms with Crippen molar-refractivity contribution in [2.24, 2.45) is 0 Å². The van der Waals surface area contributed by atoms with E-state index >= 15 is 0 Å². The molecule has 3 rings (SSSR count). The molecule has 0 heterocycles. The summed E-state index contributed by atoms with van der Waals surface area (Å²) in [5.74, 6) is 6.63. The average Bonchev–Trinajstić information content (AvgIpc) is 2.95. The van der Waals surface area contributed by atoms with Crippen LogP contribution in [0.1, 0.15) is 83.3 Å². The van der Waals surface area contributed by atoms with Gasteiger partial charge < -0.3 is 19.1 Å². The minimum absolute atomic E-state index is 0. The van der Waals surface area contributed by atoms with Crippen molar-refractivity contribution >= 4 is 10.1 Å². The number of unbranched alkanes of at least 4 members (excludes halogenated alkanes) is 8. The average molecular weight is 587 g/mol. The first-order chi connectivity index (χ1) is 19.3. The first-order valence-electron chi connectivity index (χ1n) is 14.1. The molecule has 0 aromatic heterocycles. The molecule has 0 aliphatic heterocycles. The summed E-state index contributed by atoms with van der Waals surface area (Å²) in [6.45, 7) is 4.44. The van der Waals surface area contributed by atoms with Crippen LogP contribution in [0.15, 0.2) is 71.6 Å². The van der Waals surface area contributed by atoms with Crippen LogP contribution >= 0.6 is 0 Å². The van der Waals surface area contributed by atoms with Gasteiger partial charge in [-0.3, -0.25) is 0 Å². The second-order valence-corrected chi connectivity index (χ2v) is 11.0. The van der Waals surface area contributed by atoms with Crippen molar-refractivity contribution in [1.29, 1.82) is 0 Å². The minimum atomic E-state index is -4.88. The summed E-state index contributed by atoms with van der Waals surface area (Å²) in [7, 11) is -4.88. The molecular weight excluding hydrogens is 547 g/mol. The summed E-state index contributed by atoms with van der Waals surface area (Å²) >= 11 is 0. The van der Waals surface area contributed by atoms with Gasteiger partial charge in [0.25, 0.3) is 0 Å². The number of hydrogen-bond acceptors (Lipinski definition) is 6. The molecule has 0 spiro atoms. The first-order valence-corrected chi connectivity index (χ1v) is 15.5. The molecule has 0 aliphatic rings. The molecule has 0 aliphatic carbocycles. The zero-order valence-corrected chi connectivity index (χ0v) is 27.2. The van der Waals surface area contributed by atoms with Crippen LogP contribution in [0.25, 0.3) is 11.1 Å². The summed E-state index contributed by atoms with van der Waals surface area (Å²) in [5.41, 5.74) is 1.58. The zero-order chi connectivity index (χ0) is 28.8. The van der Waals surface area contributed by atoms with Crippen molar-refractivity contribution in [2.75, 3.05) is 6.61 Å². The number of ether oxygens (including phenoxy) is 2. The number of rotatable bonds is 15. The molecule has 3 aromatic rings. The van der Waals surface area contributed by atoms with Gasteiger partial charge in [-0.15, -0.1) is 5.92 Å². The predicted molar refractivity (Wildman–Crippen MR) is 157 cm³/mol. The van der Waals surface area contributed by atoms with Gasteiger partial charge in [0.1, 0.15) is 22.0 Å². The van der Waals surface area contributed by atoms with E-state index in [9.17, 15) is 18.1 Å². The molecule has 214 valence electrons. The summed E-state index contributed by atoms with van der Waals surface area (Å²) < 4.78 is 48.1. The summed E-state index contributed by atoms with van der Waals surface area (Å²) in [4.78, 5) is -0.499. The van der Waals surface area contributed by atoms with Crippen LogP contribution in [0, 0.1) is 11.8 Å². The molecule has 0 saturated carbocycles. The van der Waals surface area contributed by atoms with Crippen LogP contribution in [0.3, 0.4) is 0 Å². The fourth-order valence-electron chi connectivity index (χ4n) is 4.48. The molecule has 0 saturated heterocycles. The predicted octanol–water partition coefficient (Wildman–Crippen LogP) is 5.02. The Morgan fingerprint density at radius 1 is 0.829 bits per heavy atom. The van der Waals surface area contributed by atoms with Crippen molar-refractivity contribution in [3.05, 3.63) is 72.3 Å². The number of para-hydroxylation sites is 2. The van der Waals surface area contributed by atoms with Gasteiger partial charge in [-0.05, 0) is 48.7 Å². The van der Waals surface area contributed by atoms with E-state index in [0.717, 1.165) is 12.8 Å². The first kappa shape index (κ1) is 34.9. The molecule has 41 heavy (non-hydrogen) atoms. The van der Waals surface area contributed by atoms with E-state index in [1.807, 2.05) is 6.92 Å². The number of aliphatic hydroxyl groups excluding tert-OH is 1. The second-order valence-electron chi connectivity index (χ2n) is 9.63. The fraction of sp³-hybridized carbons (Fsp3) is 0.394. The van der Waals surface area contributed by atoms with Crippen LogP contribution in [-0.2, 0) is 10.1 Å². The topological polar surface area (TPSA) is 95.9 Å². The van der Waals surface area contributed by atoms with Gasteiger partial charge in [0.2, 0.25) is 0 Å². The second kappa shape index (κ2) is 18.3. The van der Waals surface area contributed by atoms with Gasteiger partial charge >= 0.3 is 29.6 Å². The van der Waals surface area contributed by atoms with E-state index in [0.29, 0.717) is 41.2 Å². The molecule has 0 radical (unpaired) electrons. The van der Waals surface area contributed by atoms with E-state index in [2.05, 4.69) is 18.8 Å². The fourth-order valence-corrected chi connectivity index (χ4v) is 5.10. The Labute approximate surface area is 267 Å². The number of hydrogen-bond donors (Lipinski definition) is 1. The molecular formula is C33H39NaO6S. The Morgan fingerprint density at radius 3 is 2.15 bits per heavy atom. The molecule has 3 aromatic carbocycles. The molecule has 0 bridgehead atoms. The van der Waals surface area contributed by atoms with E-state index in [1.54, 1.807) is 54.6 Å². The summed E-state index contributed by atoms with van der Waals surface area (Å²) in [6.07, 6.45) is 9.40. The van der Waals surface area contributed by atoms with Gasteiger partial charge in [0.05, 0.1) is 11.5 Å². The van der Waals surface area contributed by atoms with Crippen LogP contribution in [0.2, 0.25) is 0 Å². The third-order valence-electron chi connectivity index (χ3n) is 6.54. The van der Waals surface area contributed by atoms with Crippen LogP contribution in [0.4, 0.5) is 0 Å². The van der Waals surface area contributed by atoms with Crippen LogP contribution in [0.5, 0.6) is 17.2 Å². The zero-order valence-electron chi connectivity index (χ0n) is 24.4. The van der Waals surface area contributed by atoms with Gasteiger partial charge in [0, 0.05) is 12.0 Å². The normalized spacial score (nSPS) is 11.6. The van der Waals surface area contributed by atoms with E-state index < -0.39 is 21.1 Å². The van der Waals surface area contributed by atoms with E-state index in [1.165, 1.54) is 50.7 Å². The number of benzene rings is 3. The third-order valence-corrected chi connectivity index (χ3v) is 7.40. The monoisotopic (exact) mass is 586 g/mol. The maximum absolute atomic E-state index is 12.2. The standard InChI is InChI=1S/C33H40O6S.Na/c1-3-5-6-7-8-9-10-11-12-13-20-29(34)28-19-15-14-18-27(28)26-23-24-32(33(25-26)40(35,36)37)39-31-22-17-16-21-30(31)38-4-2;/h14-19,21-25,29,34H,3-12H2,1-2H3,(H,35,36,37);/q;+1/p-1. The summed E-state index contributed by atoms with van der Waals surface area (Å²) in [6, 6.07) is 18.3. The van der Waals surface area contributed by atoms with E-state index in [-0.39, 0.29) is 35.3 Å². The molecule has 1 atom stereocenters. The Kier molecular flexibility index (Phi) is 15.6. The van der Waals surface area contributed by atoms with Crippen LogP contribution < -0.4 is 39.0 Å². The molecule has 0 fully saturated rings. The Morgan fingerprint density at radius 2 is 1.46 bits per heavy atom. The largest absolute Gasteiger partial charge is 1.00 e. The third kappa shape index (κ3) is 11.1. The summed E-state index contributed by atoms with van der Waals surface area (Å²) in [5, 5.41) is 10.9. The quantitative estimate of drug-likeness (QED) is 0.116. The minimum Gasteiger partial charge on any atom is -0.744 e. The van der Waals surface area contributed by atoms with Crippen molar-refractivity contribution < 1.29 is 57.1 Å². The maximum atomic E-state index is 12.2. The molecule has 1 unspecified atom stereocenters. The van der Waals surface area contributed by atoms with Crippen molar-refractivity contribution in [2.45, 2.75) is 82.6 Å². The molecule has 8 heteroatoms. The van der Waals surface area contributed by atoms with Gasteiger partial charge in [-0.25, -0.2) is 8.42 Å². The Bertz CT molecular complexity index is 1390. The Balaban J connectivity index is 0.00000588.